The van der Waals surface area contributed by atoms with Crippen LogP contribution < -0.4 is 10.6 Å². The van der Waals surface area contributed by atoms with Crippen molar-refractivity contribution in [3.63, 3.8) is 0 Å². The maximum Gasteiger partial charge on any atom is 0.225 e. The number of hydrogen-bond acceptors (Lipinski definition) is 5. The van der Waals surface area contributed by atoms with Gasteiger partial charge in [0.25, 0.3) is 0 Å². The summed E-state index contributed by atoms with van der Waals surface area (Å²) in [7, 11) is 0. The van der Waals surface area contributed by atoms with Crippen molar-refractivity contribution in [2.24, 2.45) is 0 Å². The Hall–Kier alpha value is -2.79. The summed E-state index contributed by atoms with van der Waals surface area (Å²) in [5, 5.41) is 17.0. The lowest BCUT2D eigenvalue weighted by Gasteiger charge is -2.12. The molecule has 1 fully saturated rings. The van der Waals surface area contributed by atoms with Crippen LogP contribution in [-0.2, 0) is 0 Å². The van der Waals surface area contributed by atoms with Gasteiger partial charge in [0.1, 0.15) is 11.6 Å². The predicted octanol–water partition coefficient (Wildman–Crippen LogP) is 4.82. The number of nitrogens with one attached hydrogen (secondary N) is 2. The average molecular weight is 353 g/mol. The van der Waals surface area contributed by atoms with Gasteiger partial charge in [0, 0.05) is 22.7 Å². The van der Waals surface area contributed by atoms with E-state index in [-0.39, 0.29) is 5.75 Å². The molecule has 0 unspecified atom stereocenters. The molecule has 5 nitrogen and oxygen atoms in total. The van der Waals surface area contributed by atoms with Gasteiger partial charge in [-0.1, -0.05) is 41.9 Å². The molecule has 0 spiro atoms. The van der Waals surface area contributed by atoms with Crippen molar-refractivity contribution >= 4 is 29.1 Å². The van der Waals surface area contributed by atoms with Gasteiger partial charge in [0.15, 0.2) is 0 Å². The molecule has 0 atom stereocenters. The number of phenolic OH excluding ortho intramolecular Hbond substituents is 1. The highest BCUT2D eigenvalue weighted by atomic mass is 35.5. The molecule has 1 aliphatic rings. The first-order chi connectivity index (χ1) is 12.2. The Kier molecular flexibility index (Phi) is 4.15. The SMILES string of the molecule is Oc1ccc(Cl)cc1Nc1cc(-c2ccccc2)nc(NC2CC2)n1. The van der Waals surface area contributed by atoms with Crippen LogP contribution in [0.1, 0.15) is 12.8 Å². The molecule has 0 bridgehead atoms. The van der Waals surface area contributed by atoms with Crippen molar-refractivity contribution in [1.82, 2.24) is 9.97 Å². The second-order valence-corrected chi connectivity index (χ2v) is 6.47. The Morgan fingerprint density at radius 3 is 2.56 bits per heavy atom. The summed E-state index contributed by atoms with van der Waals surface area (Å²) in [5.74, 6) is 1.28. The number of aromatic hydroxyl groups is 1. The molecule has 4 rings (SSSR count). The fourth-order valence-electron chi connectivity index (χ4n) is 2.49. The largest absolute Gasteiger partial charge is 0.506 e. The van der Waals surface area contributed by atoms with Crippen LogP contribution >= 0.6 is 11.6 Å². The third kappa shape index (κ3) is 3.83. The molecule has 0 radical (unpaired) electrons. The van der Waals surface area contributed by atoms with E-state index in [0.717, 1.165) is 24.1 Å². The van der Waals surface area contributed by atoms with Gasteiger partial charge in [-0.3, -0.25) is 0 Å². The van der Waals surface area contributed by atoms with Gasteiger partial charge in [-0.05, 0) is 31.0 Å². The van der Waals surface area contributed by atoms with Crippen LogP contribution in [0.15, 0.2) is 54.6 Å². The third-order valence-electron chi connectivity index (χ3n) is 3.93. The second kappa shape index (κ2) is 6.61. The molecular formula is C19H17ClN4O. The zero-order valence-corrected chi connectivity index (χ0v) is 14.2. The highest BCUT2D eigenvalue weighted by Gasteiger charge is 2.22. The van der Waals surface area contributed by atoms with Gasteiger partial charge in [0.2, 0.25) is 5.95 Å². The van der Waals surface area contributed by atoms with Crippen molar-refractivity contribution in [2.45, 2.75) is 18.9 Å². The van der Waals surface area contributed by atoms with E-state index in [1.54, 1.807) is 18.2 Å². The van der Waals surface area contributed by atoms with Crippen molar-refractivity contribution in [3.05, 3.63) is 59.6 Å². The van der Waals surface area contributed by atoms with E-state index < -0.39 is 0 Å². The Morgan fingerprint density at radius 1 is 1.00 bits per heavy atom. The Labute approximate surface area is 150 Å². The maximum absolute atomic E-state index is 10.0. The first-order valence-electron chi connectivity index (χ1n) is 8.14. The van der Waals surface area contributed by atoms with E-state index >= 15 is 0 Å². The van der Waals surface area contributed by atoms with Gasteiger partial charge >= 0.3 is 0 Å². The highest BCUT2D eigenvalue weighted by molar-refractivity contribution is 6.31. The minimum Gasteiger partial charge on any atom is -0.506 e. The molecule has 2 aromatic carbocycles. The van der Waals surface area contributed by atoms with Crippen LogP contribution in [0.5, 0.6) is 5.75 Å². The Morgan fingerprint density at radius 2 is 1.80 bits per heavy atom. The molecule has 6 heteroatoms. The summed E-state index contributed by atoms with van der Waals surface area (Å²) >= 11 is 6.02. The van der Waals surface area contributed by atoms with Gasteiger partial charge in [0.05, 0.1) is 11.4 Å². The van der Waals surface area contributed by atoms with Crippen molar-refractivity contribution < 1.29 is 5.11 Å². The molecule has 3 aromatic rings. The lowest BCUT2D eigenvalue weighted by atomic mass is 10.1. The van der Waals surface area contributed by atoms with E-state index in [1.165, 1.54) is 0 Å². The standard InChI is InChI=1S/C19H17ClN4O/c20-13-6-9-17(25)16(10-13)22-18-11-15(12-4-2-1-3-5-12)23-19(24-18)21-14-7-8-14/h1-6,9-11,14,25H,7-8H2,(H2,21,22,23,24). The fourth-order valence-corrected chi connectivity index (χ4v) is 2.66. The number of nitrogens with zero attached hydrogens (tertiary/aromatic N) is 2. The molecule has 0 saturated heterocycles. The summed E-state index contributed by atoms with van der Waals surface area (Å²) in [6.45, 7) is 0. The minimum absolute atomic E-state index is 0.112. The number of hydrogen-bond donors (Lipinski definition) is 3. The zero-order valence-electron chi connectivity index (χ0n) is 13.4. The number of phenols is 1. The Balaban J connectivity index is 1.71. The van der Waals surface area contributed by atoms with Gasteiger partial charge in [-0.2, -0.15) is 4.98 Å². The van der Waals surface area contributed by atoms with Gasteiger partial charge in [-0.25, -0.2) is 4.98 Å². The van der Waals surface area contributed by atoms with Gasteiger partial charge in [-0.15, -0.1) is 0 Å². The molecule has 1 aromatic heterocycles. The number of anilines is 3. The summed E-state index contributed by atoms with van der Waals surface area (Å²) < 4.78 is 0. The molecule has 0 amide bonds. The summed E-state index contributed by atoms with van der Waals surface area (Å²) in [4.78, 5) is 9.13. The molecule has 1 saturated carbocycles. The lowest BCUT2D eigenvalue weighted by molar-refractivity contribution is 0.477. The summed E-state index contributed by atoms with van der Waals surface area (Å²) in [5.41, 5.74) is 2.31. The summed E-state index contributed by atoms with van der Waals surface area (Å²) in [6, 6.07) is 17.1. The van der Waals surface area contributed by atoms with Crippen LogP contribution in [0.25, 0.3) is 11.3 Å². The normalized spacial score (nSPS) is 13.5. The number of benzene rings is 2. The molecule has 1 heterocycles. The monoisotopic (exact) mass is 352 g/mol. The van der Waals surface area contributed by atoms with Crippen LogP contribution in [0.4, 0.5) is 17.5 Å². The van der Waals surface area contributed by atoms with Crippen molar-refractivity contribution in [3.8, 4) is 17.0 Å². The van der Waals surface area contributed by atoms with Crippen LogP contribution in [0.3, 0.4) is 0 Å². The average Bonchev–Trinajstić information content (AvgIpc) is 3.43. The lowest BCUT2D eigenvalue weighted by Crippen LogP contribution is -2.07. The van der Waals surface area contributed by atoms with Crippen LogP contribution in [-0.4, -0.2) is 21.1 Å². The van der Waals surface area contributed by atoms with E-state index in [0.29, 0.717) is 28.5 Å². The third-order valence-corrected chi connectivity index (χ3v) is 4.16. The zero-order chi connectivity index (χ0) is 17.2. The molecule has 25 heavy (non-hydrogen) atoms. The van der Waals surface area contributed by atoms with E-state index in [4.69, 9.17) is 11.6 Å². The molecule has 0 aliphatic heterocycles. The first kappa shape index (κ1) is 15.7. The topological polar surface area (TPSA) is 70.1 Å². The number of rotatable bonds is 5. The summed E-state index contributed by atoms with van der Waals surface area (Å²) in [6.07, 6.45) is 2.27. The van der Waals surface area contributed by atoms with Crippen LogP contribution in [0.2, 0.25) is 5.02 Å². The molecule has 126 valence electrons. The van der Waals surface area contributed by atoms with E-state index in [2.05, 4.69) is 20.6 Å². The highest BCUT2D eigenvalue weighted by Crippen LogP contribution is 2.31. The maximum atomic E-state index is 10.0. The minimum atomic E-state index is 0.112. The number of halogens is 1. The molecule has 3 N–H and O–H groups in total. The first-order valence-corrected chi connectivity index (χ1v) is 8.52. The van der Waals surface area contributed by atoms with E-state index in [9.17, 15) is 5.11 Å². The van der Waals surface area contributed by atoms with Crippen molar-refractivity contribution in [1.29, 1.82) is 0 Å². The van der Waals surface area contributed by atoms with Gasteiger partial charge < -0.3 is 15.7 Å². The quantitative estimate of drug-likeness (QED) is 0.574. The van der Waals surface area contributed by atoms with Crippen molar-refractivity contribution in [2.75, 3.05) is 10.6 Å². The predicted molar refractivity (Wildman–Crippen MR) is 101 cm³/mol. The second-order valence-electron chi connectivity index (χ2n) is 6.03. The number of aromatic nitrogens is 2. The Bertz CT molecular complexity index is 897. The fraction of sp³-hybridized carbons (Fsp3) is 0.158. The van der Waals surface area contributed by atoms with E-state index in [1.807, 2.05) is 36.4 Å². The van der Waals surface area contributed by atoms with Crippen LogP contribution in [0, 0.1) is 0 Å². The molecule has 1 aliphatic carbocycles. The smallest absolute Gasteiger partial charge is 0.225 e. The molecular weight excluding hydrogens is 336 g/mol.